The van der Waals surface area contributed by atoms with Crippen molar-refractivity contribution in [1.29, 1.82) is 0 Å². The summed E-state index contributed by atoms with van der Waals surface area (Å²) in [6.45, 7) is 0.718. The number of nitrogens with zero attached hydrogens (tertiary/aromatic N) is 2. The van der Waals surface area contributed by atoms with Crippen molar-refractivity contribution in [2.75, 3.05) is 0 Å². The maximum Gasteiger partial charge on any atom is 0.185 e. The molecule has 0 bridgehead atoms. The number of hydrogen-bond donors (Lipinski definition) is 0. The summed E-state index contributed by atoms with van der Waals surface area (Å²) >= 11 is 3.36. The summed E-state index contributed by atoms with van der Waals surface area (Å²) in [6, 6.07) is 17.5. The zero-order valence-electron chi connectivity index (χ0n) is 12.4. The first-order valence-electron chi connectivity index (χ1n) is 7.25. The smallest absolute Gasteiger partial charge is 0.185 e. The highest BCUT2D eigenvalue weighted by atomic mass is 79.9. The number of rotatable bonds is 5. The molecule has 0 amide bonds. The van der Waals surface area contributed by atoms with Crippen LogP contribution in [0.1, 0.15) is 21.5 Å². The zero-order valence-corrected chi connectivity index (χ0v) is 14.0. The third kappa shape index (κ3) is 4.27. The van der Waals surface area contributed by atoms with Crippen LogP contribution < -0.4 is 0 Å². The van der Waals surface area contributed by atoms with Crippen molar-refractivity contribution in [3.63, 3.8) is 0 Å². The average Bonchev–Trinajstić information content (AvgIpc) is 3.02. The van der Waals surface area contributed by atoms with Gasteiger partial charge in [-0.1, -0.05) is 46.3 Å². The van der Waals surface area contributed by atoms with E-state index in [1.807, 2.05) is 41.2 Å². The Bertz CT molecular complexity index is 820. The van der Waals surface area contributed by atoms with Gasteiger partial charge in [0.25, 0.3) is 0 Å². The highest BCUT2D eigenvalue weighted by molar-refractivity contribution is 9.10. The number of hydrogen-bond acceptors (Lipinski definition) is 2. The Morgan fingerprint density at radius 3 is 2.57 bits per heavy atom. The highest BCUT2D eigenvalue weighted by Crippen LogP contribution is 2.12. The summed E-state index contributed by atoms with van der Waals surface area (Å²) in [5.74, 6) is -0.0201. The van der Waals surface area contributed by atoms with Crippen molar-refractivity contribution in [3.8, 4) is 0 Å². The molecule has 0 aliphatic heterocycles. The van der Waals surface area contributed by atoms with Crippen molar-refractivity contribution < 1.29 is 4.79 Å². The Morgan fingerprint density at radius 2 is 1.83 bits per heavy atom. The van der Waals surface area contributed by atoms with Gasteiger partial charge in [-0.15, -0.1) is 0 Å². The van der Waals surface area contributed by atoms with Crippen molar-refractivity contribution in [1.82, 2.24) is 9.78 Å². The molecule has 3 rings (SSSR count). The molecule has 1 heterocycles. The molecule has 0 aliphatic carbocycles. The summed E-state index contributed by atoms with van der Waals surface area (Å²) < 4.78 is 2.82. The first-order valence-corrected chi connectivity index (χ1v) is 8.04. The standard InChI is InChI=1S/C19H15BrN2O/c20-18-9-7-17(8-10-18)19(23)11-6-16-12-21-22(14-16)13-15-4-2-1-3-5-15/h1-12,14H,13H2/b11-6+. The van der Waals surface area contributed by atoms with Gasteiger partial charge in [0, 0.05) is 21.8 Å². The molecule has 0 radical (unpaired) electrons. The van der Waals surface area contributed by atoms with E-state index >= 15 is 0 Å². The predicted molar refractivity (Wildman–Crippen MR) is 95.3 cm³/mol. The molecule has 0 N–H and O–H groups in total. The predicted octanol–water partition coefficient (Wildman–Crippen LogP) is 4.59. The zero-order chi connectivity index (χ0) is 16.1. The molecule has 3 nitrogen and oxygen atoms in total. The minimum Gasteiger partial charge on any atom is -0.289 e. The number of carbonyl (C=O) groups excluding carboxylic acids is 1. The van der Waals surface area contributed by atoms with Crippen molar-refractivity contribution in [2.45, 2.75) is 6.54 Å². The molecule has 1 aromatic heterocycles. The molecule has 3 aromatic rings. The lowest BCUT2D eigenvalue weighted by atomic mass is 10.1. The van der Waals surface area contributed by atoms with Crippen LogP contribution in [0.25, 0.3) is 6.08 Å². The maximum absolute atomic E-state index is 12.1. The monoisotopic (exact) mass is 366 g/mol. The first-order chi connectivity index (χ1) is 11.2. The van der Waals surface area contributed by atoms with Crippen LogP contribution in [0, 0.1) is 0 Å². The third-order valence-corrected chi connectivity index (χ3v) is 3.93. The Balaban J connectivity index is 1.66. The van der Waals surface area contributed by atoms with Gasteiger partial charge in [0.2, 0.25) is 0 Å². The van der Waals surface area contributed by atoms with Crippen LogP contribution in [-0.4, -0.2) is 15.6 Å². The van der Waals surface area contributed by atoms with E-state index in [9.17, 15) is 4.79 Å². The van der Waals surface area contributed by atoms with E-state index in [1.54, 1.807) is 30.5 Å². The molecule has 4 heteroatoms. The van der Waals surface area contributed by atoms with Crippen molar-refractivity contribution in [3.05, 3.63) is 94.2 Å². The number of carbonyl (C=O) groups is 1. The second kappa shape index (κ2) is 7.20. The molecular formula is C19H15BrN2O. The van der Waals surface area contributed by atoms with Crippen LogP contribution in [0.15, 0.2) is 77.5 Å². The molecule has 23 heavy (non-hydrogen) atoms. The fraction of sp³-hybridized carbons (Fsp3) is 0.0526. The number of ketones is 1. The van der Waals surface area contributed by atoms with E-state index in [0.29, 0.717) is 5.56 Å². The van der Waals surface area contributed by atoms with Crippen LogP contribution in [0.5, 0.6) is 0 Å². The highest BCUT2D eigenvalue weighted by Gasteiger charge is 2.02. The Labute approximate surface area is 143 Å². The quantitative estimate of drug-likeness (QED) is 0.488. The lowest BCUT2D eigenvalue weighted by molar-refractivity contribution is 0.104. The molecule has 0 saturated carbocycles. The average molecular weight is 367 g/mol. The third-order valence-electron chi connectivity index (χ3n) is 3.40. The topological polar surface area (TPSA) is 34.9 Å². The molecule has 0 aliphatic rings. The van der Waals surface area contributed by atoms with Crippen LogP contribution in [0.2, 0.25) is 0 Å². The summed E-state index contributed by atoms with van der Waals surface area (Å²) in [4.78, 5) is 12.1. The molecule has 0 spiro atoms. The van der Waals surface area contributed by atoms with Gasteiger partial charge < -0.3 is 0 Å². The molecule has 0 atom stereocenters. The van der Waals surface area contributed by atoms with E-state index in [-0.39, 0.29) is 5.78 Å². The molecule has 0 saturated heterocycles. The van der Waals surface area contributed by atoms with E-state index in [1.165, 1.54) is 5.56 Å². The van der Waals surface area contributed by atoms with Gasteiger partial charge in [0.05, 0.1) is 12.7 Å². The van der Waals surface area contributed by atoms with Gasteiger partial charge in [-0.25, -0.2) is 0 Å². The van der Waals surface area contributed by atoms with Gasteiger partial charge >= 0.3 is 0 Å². The van der Waals surface area contributed by atoms with E-state index < -0.39 is 0 Å². The van der Waals surface area contributed by atoms with E-state index in [0.717, 1.165) is 16.6 Å². The Morgan fingerprint density at radius 1 is 1.09 bits per heavy atom. The molecular weight excluding hydrogens is 352 g/mol. The number of allylic oxidation sites excluding steroid dienone is 1. The van der Waals surface area contributed by atoms with Crippen LogP contribution in [-0.2, 0) is 6.54 Å². The minimum atomic E-state index is -0.0201. The molecule has 0 unspecified atom stereocenters. The lowest BCUT2D eigenvalue weighted by Gasteiger charge is -2.00. The fourth-order valence-electron chi connectivity index (χ4n) is 2.20. The normalized spacial score (nSPS) is 11.0. The number of halogens is 1. The Hall–Kier alpha value is -2.46. The van der Waals surface area contributed by atoms with Gasteiger partial charge in [0.1, 0.15) is 0 Å². The fourth-order valence-corrected chi connectivity index (χ4v) is 2.47. The van der Waals surface area contributed by atoms with Crippen LogP contribution in [0.3, 0.4) is 0 Å². The SMILES string of the molecule is O=C(/C=C/c1cnn(Cc2ccccc2)c1)c1ccc(Br)cc1. The van der Waals surface area contributed by atoms with Gasteiger partial charge in [-0.3, -0.25) is 9.48 Å². The van der Waals surface area contributed by atoms with E-state index in [4.69, 9.17) is 0 Å². The second-order valence-corrected chi connectivity index (χ2v) is 6.08. The summed E-state index contributed by atoms with van der Waals surface area (Å²) in [5.41, 5.74) is 2.77. The summed E-state index contributed by atoms with van der Waals surface area (Å²) in [6.07, 6.45) is 7.05. The minimum absolute atomic E-state index is 0.0201. The summed E-state index contributed by atoms with van der Waals surface area (Å²) in [5, 5.41) is 4.32. The van der Waals surface area contributed by atoms with Crippen LogP contribution >= 0.6 is 15.9 Å². The second-order valence-electron chi connectivity index (χ2n) is 5.16. The van der Waals surface area contributed by atoms with Gasteiger partial charge in [-0.2, -0.15) is 5.10 Å². The summed E-state index contributed by atoms with van der Waals surface area (Å²) in [7, 11) is 0. The van der Waals surface area contributed by atoms with E-state index in [2.05, 4.69) is 33.2 Å². The van der Waals surface area contributed by atoms with Gasteiger partial charge in [0.15, 0.2) is 5.78 Å². The Kier molecular flexibility index (Phi) is 4.83. The number of aromatic nitrogens is 2. The molecule has 114 valence electrons. The molecule has 2 aromatic carbocycles. The van der Waals surface area contributed by atoms with Crippen molar-refractivity contribution in [2.24, 2.45) is 0 Å². The largest absolute Gasteiger partial charge is 0.289 e. The van der Waals surface area contributed by atoms with Crippen molar-refractivity contribution >= 4 is 27.8 Å². The van der Waals surface area contributed by atoms with Gasteiger partial charge in [-0.05, 0) is 42.0 Å². The maximum atomic E-state index is 12.1. The lowest BCUT2D eigenvalue weighted by Crippen LogP contribution is -1.99. The van der Waals surface area contributed by atoms with Crippen LogP contribution in [0.4, 0.5) is 0 Å². The number of benzene rings is 2. The first kappa shape index (κ1) is 15.4. The molecule has 0 fully saturated rings.